The van der Waals surface area contributed by atoms with Crippen LogP contribution < -0.4 is 0 Å². The smallest absolute Gasteiger partial charge is 0.331 e. The zero-order valence-electron chi connectivity index (χ0n) is 16.6. The molecule has 6 heteroatoms. The van der Waals surface area contributed by atoms with Crippen molar-refractivity contribution < 1.29 is 18.7 Å². The van der Waals surface area contributed by atoms with Gasteiger partial charge in [-0.3, -0.25) is 4.79 Å². The predicted octanol–water partition coefficient (Wildman–Crippen LogP) is 4.13. The number of aryl methyl sites for hydroxylation is 1. The average Bonchev–Trinajstić information content (AvgIpc) is 3.15. The molecule has 2 aromatic carbocycles. The van der Waals surface area contributed by atoms with Gasteiger partial charge in [-0.15, -0.1) is 0 Å². The van der Waals surface area contributed by atoms with Crippen molar-refractivity contribution in [2.45, 2.75) is 26.8 Å². The van der Waals surface area contributed by atoms with Gasteiger partial charge in [-0.2, -0.15) is 0 Å². The Labute approximate surface area is 169 Å². The first-order chi connectivity index (χ1) is 14.0. The summed E-state index contributed by atoms with van der Waals surface area (Å²) >= 11 is 0. The third-order valence-electron chi connectivity index (χ3n) is 4.35. The largest absolute Gasteiger partial charge is 0.452 e. The molecule has 0 aliphatic heterocycles. The summed E-state index contributed by atoms with van der Waals surface area (Å²) in [6, 6.07) is 15.4. The molecule has 0 bridgehead atoms. The quantitative estimate of drug-likeness (QED) is 0.426. The van der Waals surface area contributed by atoms with Crippen LogP contribution in [0.3, 0.4) is 0 Å². The van der Waals surface area contributed by atoms with Gasteiger partial charge in [0, 0.05) is 25.2 Å². The maximum atomic E-state index is 12.5. The lowest BCUT2D eigenvalue weighted by Gasteiger charge is -2.22. The number of nitrogens with zero attached hydrogens (tertiary/aromatic N) is 2. The van der Waals surface area contributed by atoms with E-state index in [4.69, 9.17) is 9.15 Å². The number of carbonyl (C=O) groups excluding carboxylic acids is 2. The van der Waals surface area contributed by atoms with Crippen LogP contribution in [0.1, 0.15) is 30.4 Å². The first kappa shape index (κ1) is 20.3. The van der Waals surface area contributed by atoms with E-state index >= 15 is 0 Å². The van der Waals surface area contributed by atoms with Gasteiger partial charge in [-0.1, -0.05) is 48.9 Å². The first-order valence-electron chi connectivity index (χ1n) is 9.59. The summed E-state index contributed by atoms with van der Waals surface area (Å²) < 4.78 is 10.6. The molecule has 0 unspecified atom stereocenters. The number of fused-ring (bicyclic) bond motifs is 1. The van der Waals surface area contributed by atoms with Crippen LogP contribution in [-0.4, -0.2) is 34.9 Å². The lowest BCUT2D eigenvalue weighted by Crippen LogP contribution is -2.34. The van der Waals surface area contributed by atoms with Gasteiger partial charge < -0.3 is 14.1 Å². The van der Waals surface area contributed by atoms with E-state index in [1.165, 1.54) is 17.7 Å². The van der Waals surface area contributed by atoms with E-state index in [0.717, 1.165) is 12.0 Å². The lowest BCUT2D eigenvalue weighted by molar-refractivity contribution is -0.148. The van der Waals surface area contributed by atoms with Gasteiger partial charge in [0.25, 0.3) is 5.91 Å². The van der Waals surface area contributed by atoms with Crippen LogP contribution in [0, 0.1) is 6.92 Å². The number of benzene rings is 2. The number of esters is 1. The predicted molar refractivity (Wildman–Crippen MR) is 111 cm³/mol. The van der Waals surface area contributed by atoms with Crippen molar-refractivity contribution in [2.24, 2.45) is 0 Å². The van der Waals surface area contributed by atoms with Gasteiger partial charge in [-0.25, -0.2) is 9.78 Å². The molecule has 1 amide bonds. The van der Waals surface area contributed by atoms with Gasteiger partial charge >= 0.3 is 5.97 Å². The van der Waals surface area contributed by atoms with Crippen molar-refractivity contribution in [3.63, 3.8) is 0 Å². The second kappa shape index (κ2) is 9.68. The minimum absolute atomic E-state index is 0.226. The fourth-order valence-corrected chi connectivity index (χ4v) is 2.85. The van der Waals surface area contributed by atoms with Crippen molar-refractivity contribution in [1.82, 2.24) is 9.88 Å². The number of rotatable bonds is 8. The summed E-state index contributed by atoms with van der Waals surface area (Å²) in [6.07, 6.45) is 3.47. The van der Waals surface area contributed by atoms with Crippen LogP contribution in [0.15, 0.2) is 59.0 Å². The van der Waals surface area contributed by atoms with E-state index in [1.807, 2.05) is 56.3 Å². The van der Waals surface area contributed by atoms with Crippen LogP contribution in [0.4, 0.5) is 0 Å². The van der Waals surface area contributed by atoms with Crippen LogP contribution in [-0.2, 0) is 20.9 Å². The highest BCUT2D eigenvalue weighted by Gasteiger charge is 2.15. The average molecular weight is 392 g/mol. The fourth-order valence-electron chi connectivity index (χ4n) is 2.85. The molecule has 6 nitrogen and oxygen atoms in total. The van der Waals surface area contributed by atoms with E-state index in [0.29, 0.717) is 30.1 Å². The minimum Gasteiger partial charge on any atom is -0.452 e. The Morgan fingerprint density at radius 2 is 1.90 bits per heavy atom. The van der Waals surface area contributed by atoms with Gasteiger partial charge in [0.2, 0.25) is 5.89 Å². The number of amides is 1. The lowest BCUT2D eigenvalue weighted by atomic mass is 10.1. The van der Waals surface area contributed by atoms with Crippen molar-refractivity contribution in [1.29, 1.82) is 0 Å². The van der Waals surface area contributed by atoms with Gasteiger partial charge in [0.05, 0.1) is 0 Å². The van der Waals surface area contributed by atoms with Gasteiger partial charge in [0.1, 0.15) is 5.52 Å². The summed E-state index contributed by atoms with van der Waals surface area (Å²) in [4.78, 5) is 30.4. The second-order valence-electron chi connectivity index (χ2n) is 6.76. The molecule has 0 saturated carbocycles. The van der Waals surface area contributed by atoms with Crippen LogP contribution >= 0.6 is 0 Å². The fraction of sp³-hybridized carbons (Fsp3) is 0.261. The molecule has 3 rings (SSSR count). The van der Waals surface area contributed by atoms with E-state index in [-0.39, 0.29) is 12.5 Å². The molecule has 0 atom stereocenters. The topological polar surface area (TPSA) is 72.6 Å². The summed E-state index contributed by atoms with van der Waals surface area (Å²) in [5.74, 6) is -0.537. The molecule has 0 aliphatic carbocycles. The van der Waals surface area contributed by atoms with E-state index in [2.05, 4.69) is 4.98 Å². The maximum Gasteiger partial charge on any atom is 0.331 e. The van der Waals surface area contributed by atoms with Crippen LogP contribution in [0.2, 0.25) is 0 Å². The number of hydrogen-bond donors (Lipinski definition) is 0. The van der Waals surface area contributed by atoms with Crippen molar-refractivity contribution in [3.05, 3.63) is 71.6 Å². The Hall–Kier alpha value is -3.41. The van der Waals surface area contributed by atoms with Crippen molar-refractivity contribution >= 4 is 29.1 Å². The molecular weight excluding hydrogens is 368 g/mol. The number of para-hydroxylation sites is 2. The molecule has 0 spiro atoms. The number of ether oxygens (including phenoxy) is 1. The van der Waals surface area contributed by atoms with Gasteiger partial charge in [0.15, 0.2) is 12.2 Å². The Kier molecular flexibility index (Phi) is 6.79. The first-order valence-corrected chi connectivity index (χ1v) is 9.59. The minimum atomic E-state index is -0.618. The molecule has 1 heterocycles. The van der Waals surface area contributed by atoms with E-state index in [1.54, 1.807) is 11.0 Å². The highest BCUT2D eigenvalue weighted by Crippen LogP contribution is 2.15. The molecule has 150 valence electrons. The zero-order valence-corrected chi connectivity index (χ0v) is 16.6. The van der Waals surface area contributed by atoms with Gasteiger partial charge in [-0.05, 0) is 31.0 Å². The number of carbonyl (C=O) groups is 2. The molecule has 0 fully saturated rings. The zero-order chi connectivity index (χ0) is 20.6. The summed E-state index contributed by atoms with van der Waals surface area (Å²) in [5.41, 5.74) is 3.56. The Morgan fingerprint density at radius 3 is 2.62 bits per heavy atom. The molecule has 0 aliphatic rings. The van der Waals surface area contributed by atoms with Crippen molar-refractivity contribution in [3.8, 4) is 0 Å². The summed E-state index contributed by atoms with van der Waals surface area (Å²) in [6.45, 7) is 4.81. The van der Waals surface area contributed by atoms with Crippen LogP contribution in [0.5, 0.6) is 0 Å². The molecule has 1 aromatic heterocycles. The normalized spacial score (nSPS) is 11.1. The monoisotopic (exact) mass is 392 g/mol. The molecular formula is C23H24N2O4. The number of oxazole rings is 1. The highest BCUT2D eigenvalue weighted by molar-refractivity contribution is 5.89. The van der Waals surface area contributed by atoms with Crippen molar-refractivity contribution in [2.75, 3.05) is 13.2 Å². The molecule has 0 N–H and O–H groups in total. The maximum absolute atomic E-state index is 12.5. The summed E-state index contributed by atoms with van der Waals surface area (Å²) in [7, 11) is 0. The van der Waals surface area contributed by atoms with E-state index in [9.17, 15) is 9.59 Å². The number of aromatic nitrogens is 1. The highest BCUT2D eigenvalue weighted by atomic mass is 16.5. The molecule has 29 heavy (non-hydrogen) atoms. The number of hydrogen-bond acceptors (Lipinski definition) is 5. The Balaban J connectivity index is 1.54. The summed E-state index contributed by atoms with van der Waals surface area (Å²) in [5, 5.41) is 0. The Morgan fingerprint density at radius 1 is 1.14 bits per heavy atom. The molecule has 0 saturated heterocycles. The molecule has 0 radical (unpaired) electrons. The van der Waals surface area contributed by atoms with Crippen LogP contribution in [0.25, 0.3) is 17.2 Å². The SMILES string of the molecule is CCCN(Cc1ccc(C)cc1)C(=O)COC(=O)/C=C/c1nc2ccccc2o1. The Bertz CT molecular complexity index is 972. The molecule has 3 aromatic rings. The second-order valence-corrected chi connectivity index (χ2v) is 6.76. The van der Waals surface area contributed by atoms with E-state index < -0.39 is 5.97 Å². The standard InChI is InChI=1S/C23H24N2O4/c1-3-14-25(15-18-10-8-17(2)9-11-18)22(26)16-28-23(27)13-12-21-24-19-6-4-5-7-20(19)29-21/h4-13H,3,14-16H2,1-2H3/b13-12+. The third-order valence-corrected chi connectivity index (χ3v) is 4.35. The third kappa shape index (κ3) is 5.78.